The average Bonchev–Trinajstić information content (AvgIpc) is 3.13. The number of rotatable bonds is 3. The molecule has 0 aliphatic carbocycles. The first-order valence-corrected chi connectivity index (χ1v) is 11.8. The lowest BCUT2D eigenvalue weighted by atomic mass is 10.2. The molecule has 34 heavy (non-hydrogen) atoms. The fraction of sp³-hybridized carbons (Fsp3) is 0.714. The molecule has 3 aliphatic heterocycles. The van der Waals surface area contributed by atoms with Crippen LogP contribution in [0.2, 0.25) is 0 Å². The van der Waals surface area contributed by atoms with Crippen molar-refractivity contribution in [3.05, 3.63) is 42.5 Å². The first kappa shape index (κ1) is 25.7. The number of hydrogen-bond donors (Lipinski definition) is 1. The molecule has 0 radical (unpaired) electrons. The summed E-state index contributed by atoms with van der Waals surface area (Å²) in [5, 5.41) is 40.2. The van der Waals surface area contributed by atoms with E-state index in [1.165, 1.54) is 93.4 Å². The Kier molecular flexibility index (Phi) is 8.33. The molecule has 0 unspecified atom stereocenters. The van der Waals surface area contributed by atoms with Crippen LogP contribution in [0.3, 0.4) is 0 Å². The van der Waals surface area contributed by atoms with Crippen molar-refractivity contribution in [3.8, 4) is 5.75 Å². The zero-order chi connectivity index (χ0) is 24.8. The second kappa shape index (κ2) is 11.0. The third-order valence-corrected chi connectivity index (χ3v) is 7.41. The van der Waals surface area contributed by atoms with E-state index in [0.29, 0.717) is 12.1 Å². The molecule has 4 rings (SSSR count). The van der Waals surface area contributed by atoms with Gasteiger partial charge in [-0.15, -0.1) is 0 Å². The van der Waals surface area contributed by atoms with Crippen LogP contribution in [0.5, 0.6) is 5.75 Å². The maximum atomic E-state index is 10.4. The SMILES string of the molecule is C1CCC[N+]2(CC1)CCC[N+]1(CCOCC1)CC2.O=[N+]([O-])c1cc([N+](=O)[O-])c(O)c([N+](=O)[O-])c1. The van der Waals surface area contributed by atoms with Crippen LogP contribution in [-0.4, -0.2) is 94.4 Å². The number of benzene rings is 1. The number of non-ortho nitro benzene ring substituents is 1. The molecule has 188 valence electrons. The molecular formula is C21H33N5O8+2. The molecular weight excluding hydrogens is 450 g/mol. The third-order valence-electron chi connectivity index (χ3n) is 7.41. The van der Waals surface area contributed by atoms with Gasteiger partial charge in [0.15, 0.2) is 0 Å². The van der Waals surface area contributed by atoms with E-state index in [2.05, 4.69) is 0 Å². The van der Waals surface area contributed by atoms with E-state index in [0.717, 1.165) is 13.2 Å². The molecule has 13 heteroatoms. The van der Waals surface area contributed by atoms with Gasteiger partial charge in [0.2, 0.25) is 0 Å². The van der Waals surface area contributed by atoms with Crippen molar-refractivity contribution in [2.75, 3.05) is 65.6 Å². The van der Waals surface area contributed by atoms with Gasteiger partial charge in [0.05, 0.1) is 66.3 Å². The lowest BCUT2D eigenvalue weighted by Gasteiger charge is -2.41. The number of nitro benzene ring substituents is 3. The number of phenolic OH excluding ortho intramolecular Hbond substituents is 1. The summed E-state index contributed by atoms with van der Waals surface area (Å²) in [4.78, 5) is 27.8. The van der Waals surface area contributed by atoms with E-state index in [1.54, 1.807) is 0 Å². The van der Waals surface area contributed by atoms with Crippen molar-refractivity contribution in [1.82, 2.24) is 0 Å². The molecule has 2 spiro atoms. The Morgan fingerprint density at radius 3 is 1.53 bits per heavy atom. The maximum absolute atomic E-state index is 10.4. The summed E-state index contributed by atoms with van der Waals surface area (Å²) in [6.45, 7) is 13.2. The maximum Gasteiger partial charge on any atom is 0.324 e. The molecule has 1 aromatic rings. The van der Waals surface area contributed by atoms with Gasteiger partial charge < -0.3 is 18.8 Å². The van der Waals surface area contributed by atoms with Gasteiger partial charge in [0, 0.05) is 6.42 Å². The predicted molar refractivity (Wildman–Crippen MR) is 121 cm³/mol. The highest BCUT2D eigenvalue weighted by Gasteiger charge is 2.39. The van der Waals surface area contributed by atoms with Crippen LogP contribution < -0.4 is 0 Å². The van der Waals surface area contributed by atoms with Gasteiger partial charge in [0.25, 0.3) is 11.4 Å². The molecule has 3 fully saturated rings. The molecule has 0 aromatic heterocycles. The number of aromatic hydroxyl groups is 1. The highest BCUT2D eigenvalue weighted by molar-refractivity contribution is 5.64. The Labute approximate surface area is 197 Å². The van der Waals surface area contributed by atoms with Crippen LogP contribution >= 0.6 is 0 Å². The number of nitrogens with zero attached hydrogens (tertiary/aromatic N) is 5. The van der Waals surface area contributed by atoms with Crippen LogP contribution in [0.4, 0.5) is 17.1 Å². The lowest BCUT2D eigenvalue weighted by molar-refractivity contribution is -0.966. The van der Waals surface area contributed by atoms with E-state index in [-0.39, 0.29) is 0 Å². The third kappa shape index (κ3) is 6.15. The summed E-state index contributed by atoms with van der Waals surface area (Å²) in [5.41, 5.74) is -3.00. The van der Waals surface area contributed by atoms with E-state index in [4.69, 9.17) is 9.84 Å². The Hall–Kier alpha value is -2.90. The number of hydrogen-bond acceptors (Lipinski definition) is 8. The minimum absolute atomic E-state index is 0.447. The highest BCUT2D eigenvalue weighted by atomic mass is 16.6. The Morgan fingerprint density at radius 1 is 0.647 bits per heavy atom. The quantitative estimate of drug-likeness (QED) is 0.390. The van der Waals surface area contributed by atoms with E-state index < -0.39 is 37.6 Å². The smallest absolute Gasteiger partial charge is 0.324 e. The molecule has 3 heterocycles. The highest BCUT2D eigenvalue weighted by Crippen LogP contribution is 2.39. The van der Waals surface area contributed by atoms with Crippen molar-refractivity contribution in [2.45, 2.75) is 32.1 Å². The molecule has 0 amide bonds. The topological polar surface area (TPSA) is 159 Å². The first-order valence-electron chi connectivity index (χ1n) is 11.8. The zero-order valence-electron chi connectivity index (χ0n) is 19.3. The van der Waals surface area contributed by atoms with Gasteiger partial charge in [-0.05, 0) is 25.7 Å². The van der Waals surface area contributed by atoms with Crippen molar-refractivity contribution in [3.63, 3.8) is 0 Å². The monoisotopic (exact) mass is 483 g/mol. The van der Waals surface area contributed by atoms with E-state index >= 15 is 0 Å². The molecule has 0 saturated carbocycles. The molecule has 13 nitrogen and oxygen atoms in total. The molecule has 0 atom stereocenters. The second-order valence-electron chi connectivity index (χ2n) is 9.46. The molecule has 1 aromatic carbocycles. The Morgan fingerprint density at radius 2 is 1.09 bits per heavy atom. The van der Waals surface area contributed by atoms with E-state index in [1.807, 2.05) is 0 Å². The van der Waals surface area contributed by atoms with E-state index in [9.17, 15) is 30.3 Å². The standard InChI is InChI=1S/C15H30N2O.C6H3N3O7/c1-2-4-7-16(6-3-1)8-5-9-17(11-10-16)12-14-18-15-13-17;10-6-4(8(13)14)1-3(7(11)12)2-5(6)9(15)16/h1-15H2;1-2,10H/q+2;. The fourth-order valence-electron chi connectivity index (χ4n) is 5.35. The van der Waals surface area contributed by atoms with Gasteiger partial charge in [0.1, 0.15) is 26.2 Å². The van der Waals surface area contributed by atoms with Crippen LogP contribution in [0.1, 0.15) is 32.1 Å². The largest absolute Gasteiger partial charge is 0.497 e. The Balaban J connectivity index is 0.000000192. The van der Waals surface area contributed by atoms with Crippen molar-refractivity contribution >= 4 is 17.1 Å². The normalized spacial score (nSPS) is 21.5. The number of ether oxygens (including phenoxy) is 1. The summed E-state index contributed by atoms with van der Waals surface area (Å²) in [6, 6.07) is 0.894. The van der Waals surface area contributed by atoms with Gasteiger partial charge in [-0.1, -0.05) is 0 Å². The number of quaternary nitrogens is 2. The number of morpholine rings is 1. The summed E-state index contributed by atoms with van der Waals surface area (Å²) < 4.78 is 8.41. The Bertz CT molecular complexity index is 875. The number of phenols is 1. The van der Waals surface area contributed by atoms with Crippen LogP contribution in [0.15, 0.2) is 12.1 Å². The van der Waals surface area contributed by atoms with Crippen LogP contribution in [-0.2, 0) is 4.74 Å². The predicted octanol–water partition coefficient (Wildman–Crippen LogP) is 2.74. The van der Waals surface area contributed by atoms with Crippen molar-refractivity contribution in [2.24, 2.45) is 0 Å². The first-order chi connectivity index (χ1) is 16.2. The molecule has 1 N–H and O–H groups in total. The van der Waals surface area contributed by atoms with Gasteiger partial charge in [-0.3, -0.25) is 30.3 Å². The summed E-state index contributed by atoms with van der Waals surface area (Å²) >= 11 is 0. The van der Waals surface area contributed by atoms with Crippen LogP contribution in [0, 0.1) is 30.3 Å². The lowest BCUT2D eigenvalue weighted by Crippen LogP contribution is -2.58. The second-order valence-corrected chi connectivity index (χ2v) is 9.46. The van der Waals surface area contributed by atoms with Crippen LogP contribution in [0.25, 0.3) is 0 Å². The molecule has 0 bridgehead atoms. The summed E-state index contributed by atoms with van der Waals surface area (Å²) in [5.74, 6) is -1.21. The van der Waals surface area contributed by atoms with Gasteiger partial charge in [-0.2, -0.15) is 0 Å². The molecule has 3 aliphatic rings. The van der Waals surface area contributed by atoms with Gasteiger partial charge >= 0.3 is 11.4 Å². The number of nitro groups is 3. The van der Waals surface area contributed by atoms with Crippen molar-refractivity contribution in [1.29, 1.82) is 0 Å². The summed E-state index contributed by atoms with van der Waals surface area (Å²) in [7, 11) is 0. The fourth-order valence-corrected chi connectivity index (χ4v) is 5.35. The minimum Gasteiger partial charge on any atom is -0.497 e. The summed E-state index contributed by atoms with van der Waals surface area (Å²) in [6.07, 6.45) is 7.36. The average molecular weight is 484 g/mol. The zero-order valence-corrected chi connectivity index (χ0v) is 19.3. The van der Waals surface area contributed by atoms with Crippen molar-refractivity contribution < 1.29 is 33.6 Å². The molecule has 3 saturated heterocycles. The minimum atomic E-state index is -1.21. The van der Waals surface area contributed by atoms with Gasteiger partial charge in [-0.25, -0.2) is 0 Å².